The van der Waals surface area contributed by atoms with Gasteiger partial charge in [-0.25, -0.2) is 19.3 Å². The minimum atomic E-state index is -0.910. The molecule has 0 radical (unpaired) electrons. The molecule has 0 aliphatic rings. The highest BCUT2D eigenvalue weighted by Gasteiger charge is 2.31. The van der Waals surface area contributed by atoms with Gasteiger partial charge in [0.1, 0.15) is 17.8 Å². The summed E-state index contributed by atoms with van der Waals surface area (Å²) in [4.78, 5) is 38.8. The smallest absolute Gasteiger partial charge is 0.419 e. The standard InChI is InChI=1S/C29H40N6O6/c1-27(2,3)20-17-22(34-13-12-18-16-19(30)10-11-21(18)34)32-33-23(20)31-24(36)39-15-14-35(25(37)40-28(4,5)6)26(38)41-29(7,8)9/h10-13,16-17H,14-15,30H2,1-9H3,(H,31,33,36). The van der Waals surface area contributed by atoms with Crippen LogP contribution in [-0.4, -0.2) is 62.3 Å². The lowest BCUT2D eigenvalue weighted by molar-refractivity contribution is -0.00189. The van der Waals surface area contributed by atoms with E-state index >= 15 is 0 Å². The number of anilines is 2. The van der Waals surface area contributed by atoms with E-state index in [0.717, 1.165) is 21.4 Å². The van der Waals surface area contributed by atoms with Crippen LogP contribution in [0, 0.1) is 0 Å². The molecule has 2 heterocycles. The molecule has 0 aliphatic heterocycles. The minimum Gasteiger partial charge on any atom is -0.447 e. The van der Waals surface area contributed by atoms with Crippen LogP contribution in [0.25, 0.3) is 16.7 Å². The lowest BCUT2D eigenvalue weighted by atomic mass is 9.87. The highest BCUT2D eigenvalue weighted by molar-refractivity contribution is 5.88. The van der Waals surface area contributed by atoms with Gasteiger partial charge in [0.2, 0.25) is 0 Å². The predicted molar refractivity (Wildman–Crippen MR) is 156 cm³/mol. The fraction of sp³-hybridized carbons (Fsp3) is 0.483. The molecule has 0 saturated carbocycles. The van der Waals surface area contributed by atoms with E-state index in [1.807, 2.05) is 61.9 Å². The molecular formula is C29H40N6O6. The van der Waals surface area contributed by atoms with Crippen molar-refractivity contribution in [3.8, 4) is 5.82 Å². The molecule has 0 saturated heterocycles. The molecule has 12 heteroatoms. The van der Waals surface area contributed by atoms with Crippen LogP contribution >= 0.6 is 0 Å². The Labute approximate surface area is 240 Å². The summed E-state index contributed by atoms with van der Waals surface area (Å²) in [5, 5.41) is 12.2. The van der Waals surface area contributed by atoms with Gasteiger partial charge in [-0.15, -0.1) is 10.2 Å². The van der Waals surface area contributed by atoms with Gasteiger partial charge in [0.05, 0.1) is 12.1 Å². The zero-order valence-corrected chi connectivity index (χ0v) is 25.2. The number of carbonyl (C=O) groups is 3. The van der Waals surface area contributed by atoms with Gasteiger partial charge in [-0.3, -0.25) is 9.88 Å². The molecule has 3 amide bonds. The van der Waals surface area contributed by atoms with E-state index in [4.69, 9.17) is 19.9 Å². The van der Waals surface area contributed by atoms with Crippen molar-refractivity contribution in [2.24, 2.45) is 0 Å². The Hall–Kier alpha value is -4.35. The molecule has 12 nitrogen and oxygen atoms in total. The van der Waals surface area contributed by atoms with Crippen molar-refractivity contribution in [1.82, 2.24) is 19.7 Å². The number of hydrogen-bond acceptors (Lipinski definition) is 9. The first-order valence-electron chi connectivity index (χ1n) is 13.3. The average molecular weight is 569 g/mol. The Balaban J connectivity index is 1.75. The monoisotopic (exact) mass is 568 g/mol. The molecule has 41 heavy (non-hydrogen) atoms. The summed E-state index contributed by atoms with van der Waals surface area (Å²) >= 11 is 0. The minimum absolute atomic E-state index is 0.225. The average Bonchev–Trinajstić information content (AvgIpc) is 3.22. The second-order valence-corrected chi connectivity index (χ2v) is 12.6. The summed E-state index contributed by atoms with van der Waals surface area (Å²) in [6.45, 7) is 15.4. The Kier molecular flexibility index (Phi) is 8.85. The van der Waals surface area contributed by atoms with Crippen LogP contribution in [0.1, 0.15) is 67.9 Å². The van der Waals surface area contributed by atoms with Crippen molar-refractivity contribution in [3.05, 3.63) is 42.1 Å². The van der Waals surface area contributed by atoms with Gasteiger partial charge in [-0.1, -0.05) is 20.8 Å². The zero-order valence-electron chi connectivity index (χ0n) is 25.2. The molecule has 3 N–H and O–H groups in total. The number of rotatable bonds is 5. The van der Waals surface area contributed by atoms with Crippen LogP contribution in [0.2, 0.25) is 0 Å². The third kappa shape index (κ3) is 8.57. The highest BCUT2D eigenvalue weighted by atomic mass is 16.6. The number of ether oxygens (including phenoxy) is 3. The fourth-order valence-corrected chi connectivity index (χ4v) is 3.78. The number of carbonyl (C=O) groups excluding carboxylic acids is 3. The molecule has 2 aromatic heterocycles. The summed E-state index contributed by atoms with van der Waals surface area (Å²) in [6, 6.07) is 9.39. The van der Waals surface area contributed by atoms with E-state index in [1.165, 1.54) is 0 Å². The molecule has 0 fully saturated rings. The molecule has 0 aliphatic carbocycles. The largest absolute Gasteiger partial charge is 0.447 e. The molecule has 3 aromatic rings. The number of nitrogens with zero attached hydrogens (tertiary/aromatic N) is 4. The van der Waals surface area contributed by atoms with Crippen LogP contribution in [0.5, 0.6) is 0 Å². The molecule has 0 bridgehead atoms. The maximum Gasteiger partial charge on any atom is 0.419 e. The molecule has 1 aromatic carbocycles. The first kappa shape index (κ1) is 31.2. The molecule has 0 unspecified atom stereocenters. The Morgan fingerprint density at radius 2 is 1.51 bits per heavy atom. The molecule has 0 spiro atoms. The number of benzene rings is 1. The van der Waals surface area contributed by atoms with E-state index in [-0.39, 0.29) is 19.0 Å². The van der Waals surface area contributed by atoms with Crippen molar-refractivity contribution in [2.75, 3.05) is 24.2 Å². The lowest BCUT2D eigenvalue weighted by Gasteiger charge is -2.28. The van der Waals surface area contributed by atoms with E-state index in [2.05, 4.69) is 15.5 Å². The van der Waals surface area contributed by atoms with Gasteiger partial charge in [0.25, 0.3) is 0 Å². The van der Waals surface area contributed by atoms with Crippen LogP contribution in [-0.2, 0) is 19.6 Å². The maximum atomic E-state index is 12.7. The molecule has 222 valence electrons. The number of nitrogens with one attached hydrogen (secondary N) is 1. The van der Waals surface area contributed by atoms with E-state index in [1.54, 1.807) is 41.5 Å². The van der Waals surface area contributed by atoms with E-state index in [0.29, 0.717) is 11.5 Å². The number of aromatic nitrogens is 3. The van der Waals surface area contributed by atoms with Crippen molar-refractivity contribution in [1.29, 1.82) is 0 Å². The van der Waals surface area contributed by atoms with Crippen LogP contribution in [0.3, 0.4) is 0 Å². The normalized spacial score (nSPS) is 12.1. The molecular weight excluding hydrogens is 528 g/mol. The summed E-state index contributed by atoms with van der Waals surface area (Å²) in [6.07, 6.45) is -0.768. The zero-order chi connectivity index (χ0) is 30.8. The number of hydrogen-bond donors (Lipinski definition) is 2. The first-order chi connectivity index (χ1) is 18.8. The Morgan fingerprint density at radius 1 is 0.902 bits per heavy atom. The number of nitrogen functional groups attached to an aromatic ring is 1. The molecule has 0 atom stereocenters. The number of nitrogens with two attached hydrogens (primary N) is 1. The highest BCUT2D eigenvalue weighted by Crippen LogP contribution is 2.30. The second-order valence-electron chi connectivity index (χ2n) is 12.6. The summed E-state index contributed by atoms with van der Waals surface area (Å²) in [5.74, 6) is 0.794. The number of fused-ring (bicyclic) bond motifs is 1. The third-order valence-corrected chi connectivity index (χ3v) is 5.55. The summed E-state index contributed by atoms with van der Waals surface area (Å²) in [7, 11) is 0. The number of amides is 3. The third-order valence-electron chi connectivity index (χ3n) is 5.55. The lowest BCUT2D eigenvalue weighted by Crippen LogP contribution is -2.45. The Morgan fingerprint density at radius 3 is 2.07 bits per heavy atom. The van der Waals surface area contributed by atoms with Gasteiger partial charge in [0, 0.05) is 22.8 Å². The topological polar surface area (TPSA) is 151 Å². The Bertz CT molecular complexity index is 1400. The van der Waals surface area contributed by atoms with Gasteiger partial charge < -0.3 is 19.9 Å². The fourth-order valence-electron chi connectivity index (χ4n) is 3.78. The van der Waals surface area contributed by atoms with Crippen LogP contribution < -0.4 is 11.1 Å². The van der Waals surface area contributed by atoms with Crippen molar-refractivity contribution in [3.63, 3.8) is 0 Å². The van der Waals surface area contributed by atoms with E-state index in [9.17, 15) is 14.4 Å². The van der Waals surface area contributed by atoms with Gasteiger partial charge in [-0.05, 0) is 77.3 Å². The van der Waals surface area contributed by atoms with E-state index < -0.39 is 34.9 Å². The van der Waals surface area contributed by atoms with Crippen LogP contribution in [0.4, 0.5) is 25.9 Å². The quantitative estimate of drug-likeness (QED) is 0.278. The van der Waals surface area contributed by atoms with Crippen molar-refractivity contribution in [2.45, 2.75) is 78.9 Å². The second kappa shape index (κ2) is 11.6. The number of imide groups is 1. The van der Waals surface area contributed by atoms with Gasteiger partial charge in [-0.2, -0.15) is 0 Å². The summed E-state index contributed by atoms with van der Waals surface area (Å²) in [5.41, 5.74) is 6.11. The van der Waals surface area contributed by atoms with Crippen LogP contribution in [0.15, 0.2) is 36.5 Å². The van der Waals surface area contributed by atoms with Crippen molar-refractivity contribution >= 4 is 40.7 Å². The summed E-state index contributed by atoms with van der Waals surface area (Å²) < 4.78 is 17.8. The van der Waals surface area contributed by atoms with Crippen molar-refractivity contribution < 1.29 is 28.6 Å². The van der Waals surface area contributed by atoms with Gasteiger partial charge in [0.15, 0.2) is 11.6 Å². The molecule has 3 rings (SSSR count). The predicted octanol–water partition coefficient (Wildman–Crippen LogP) is 6.02. The maximum absolute atomic E-state index is 12.7. The first-order valence-corrected chi connectivity index (χ1v) is 13.3. The van der Waals surface area contributed by atoms with Gasteiger partial charge >= 0.3 is 18.3 Å². The SMILES string of the molecule is CC(C)(C)OC(=O)N(CCOC(=O)Nc1nnc(-n2ccc3cc(N)ccc32)cc1C(C)(C)C)C(=O)OC(C)(C)C.